The molecule has 3 heteroatoms. The van der Waals surface area contributed by atoms with Crippen molar-refractivity contribution in [3.8, 4) is 0 Å². The molecule has 1 aromatic heterocycles. The summed E-state index contributed by atoms with van der Waals surface area (Å²) in [6, 6.07) is 3.59. The number of pyridine rings is 1. The molecule has 0 saturated heterocycles. The fourth-order valence-corrected chi connectivity index (χ4v) is 1.44. The predicted octanol–water partition coefficient (Wildman–Crippen LogP) is 3.24. The average molecular weight is 220 g/mol. The largest absolute Gasteiger partial charge is 0.326 e. The highest BCUT2D eigenvalue weighted by molar-refractivity contribution is 5.90. The molecule has 0 bridgehead atoms. The Kier molecular flexibility index (Phi) is 4.47. The lowest BCUT2D eigenvalue weighted by Gasteiger charge is -2.17. The van der Waals surface area contributed by atoms with Gasteiger partial charge in [0.05, 0.1) is 0 Å². The van der Waals surface area contributed by atoms with E-state index in [1.165, 1.54) is 0 Å². The summed E-state index contributed by atoms with van der Waals surface area (Å²) in [5.41, 5.74) is 1.12. The van der Waals surface area contributed by atoms with Crippen molar-refractivity contribution in [1.82, 2.24) is 4.98 Å². The Morgan fingerprint density at radius 3 is 2.50 bits per heavy atom. The van der Waals surface area contributed by atoms with Crippen LogP contribution in [0.3, 0.4) is 0 Å². The molecule has 0 unspecified atom stereocenters. The number of rotatable bonds is 4. The third-order valence-corrected chi connectivity index (χ3v) is 2.29. The van der Waals surface area contributed by atoms with Crippen LogP contribution < -0.4 is 5.32 Å². The average Bonchev–Trinajstić information content (AvgIpc) is 2.17. The van der Waals surface area contributed by atoms with Crippen molar-refractivity contribution in [2.24, 2.45) is 5.41 Å². The maximum Gasteiger partial charge on any atom is 0.224 e. The Morgan fingerprint density at radius 1 is 1.31 bits per heavy atom. The molecule has 1 aromatic rings. The molecule has 16 heavy (non-hydrogen) atoms. The van der Waals surface area contributed by atoms with Crippen molar-refractivity contribution < 1.29 is 4.79 Å². The van der Waals surface area contributed by atoms with Crippen LogP contribution in [0.25, 0.3) is 0 Å². The molecule has 1 amide bonds. The van der Waals surface area contributed by atoms with Crippen molar-refractivity contribution in [2.45, 2.75) is 40.0 Å². The van der Waals surface area contributed by atoms with E-state index in [0.717, 1.165) is 18.5 Å². The second kappa shape index (κ2) is 5.64. The Bertz CT molecular complexity index is 328. The van der Waals surface area contributed by atoms with Gasteiger partial charge in [-0.3, -0.25) is 9.78 Å². The molecule has 0 spiro atoms. The molecule has 0 aliphatic carbocycles. The molecule has 1 rings (SSSR count). The van der Waals surface area contributed by atoms with E-state index in [2.05, 4.69) is 31.1 Å². The lowest BCUT2D eigenvalue weighted by molar-refractivity contribution is -0.116. The van der Waals surface area contributed by atoms with Gasteiger partial charge in [0.25, 0.3) is 0 Å². The fourth-order valence-electron chi connectivity index (χ4n) is 1.44. The van der Waals surface area contributed by atoms with Gasteiger partial charge >= 0.3 is 0 Å². The first kappa shape index (κ1) is 12.7. The predicted molar refractivity (Wildman–Crippen MR) is 66.2 cm³/mol. The third kappa shape index (κ3) is 5.49. The number of anilines is 1. The number of amides is 1. The standard InChI is InChI=1S/C13H20N2O/c1-13(2,3)8-4-5-12(16)15-11-6-9-14-10-7-11/h6-7,9-10H,4-5,8H2,1-3H3,(H,14,15,16). The maximum atomic E-state index is 11.6. The Labute approximate surface area is 97.3 Å². The summed E-state index contributed by atoms with van der Waals surface area (Å²) >= 11 is 0. The molecular weight excluding hydrogens is 200 g/mol. The van der Waals surface area contributed by atoms with Gasteiger partial charge in [-0.25, -0.2) is 0 Å². The first-order chi connectivity index (χ1) is 7.47. The van der Waals surface area contributed by atoms with E-state index >= 15 is 0 Å². The smallest absolute Gasteiger partial charge is 0.224 e. The highest BCUT2D eigenvalue weighted by atomic mass is 16.1. The summed E-state index contributed by atoms with van der Waals surface area (Å²) < 4.78 is 0. The third-order valence-electron chi connectivity index (χ3n) is 2.29. The zero-order valence-corrected chi connectivity index (χ0v) is 10.3. The molecule has 0 saturated carbocycles. The van der Waals surface area contributed by atoms with Gasteiger partial charge in [0.15, 0.2) is 0 Å². The van der Waals surface area contributed by atoms with E-state index in [1.807, 2.05) is 0 Å². The van der Waals surface area contributed by atoms with Gasteiger partial charge in [-0.1, -0.05) is 20.8 Å². The van der Waals surface area contributed by atoms with Gasteiger partial charge in [-0.15, -0.1) is 0 Å². The normalized spacial score (nSPS) is 11.2. The number of nitrogens with one attached hydrogen (secondary N) is 1. The molecule has 0 aliphatic rings. The molecule has 88 valence electrons. The van der Waals surface area contributed by atoms with Crippen molar-refractivity contribution in [2.75, 3.05) is 5.32 Å². The number of aromatic nitrogens is 1. The number of carbonyl (C=O) groups excluding carboxylic acids is 1. The SMILES string of the molecule is CC(C)(C)CCCC(=O)Nc1ccncc1. The molecule has 0 radical (unpaired) electrons. The van der Waals surface area contributed by atoms with Crippen LogP contribution in [0.2, 0.25) is 0 Å². The van der Waals surface area contributed by atoms with Crippen LogP contribution in [0.1, 0.15) is 40.0 Å². The monoisotopic (exact) mass is 220 g/mol. The summed E-state index contributed by atoms with van der Waals surface area (Å²) in [6.07, 6.45) is 5.92. The van der Waals surface area contributed by atoms with E-state index in [9.17, 15) is 4.79 Å². The van der Waals surface area contributed by atoms with Crippen LogP contribution >= 0.6 is 0 Å². The Morgan fingerprint density at radius 2 is 1.94 bits per heavy atom. The summed E-state index contributed by atoms with van der Waals surface area (Å²) in [4.78, 5) is 15.5. The van der Waals surface area contributed by atoms with E-state index in [4.69, 9.17) is 0 Å². The molecule has 0 fully saturated rings. The van der Waals surface area contributed by atoms with Crippen molar-refractivity contribution in [3.63, 3.8) is 0 Å². The molecule has 0 aliphatic heterocycles. The quantitative estimate of drug-likeness (QED) is 0.846. The summed E-state index contributed by atoms with van der Waals surface area (Å²) in [7, 11) is 0. The fraction of sp³-hybridized carbons (Fsp3) is 0.538. The topological polar surface area (TPSA) is 42.0 Å². The Balaban J connectivity index is 2.27. The number of hydrogen-bond donors (Lipinski definition) is 1. The second-order valence-electron chi connectivity index (χ2n) is 5.20. The van der Waals surface area contributed by atoms with Gasteiger partial charge in [0.2, 0.25) is 5.91 Å². The molecule has 1 heterocycles. The number of nitrogens with zero attached hydrogens (tertiary/aromatic N) is 1. The lowest BCUT2D eigenvalue weighted by Crippen LogP contribution is -2.13. The second-order valence-corrected chi connectivity index (χ2v) is 5.20. The molecule has 0 atom stereocenters. The van der Waals surface area contributed by atoms with E-state index < -0.39 is 0 Å². The minimum Gasteiger partial charge on any atom is -0.326 e. The van der Waals surface area contributed by atoms with Gasteiger partial charge in [0.1, 0.15) is 0 Å². The number of carbonyl (C=O) groups is 1. The Hall–Kier alpha value is -1.38. The summed E-state index contributed by atoms with van der Waals surface area (Å²) in [5.74, 6) is 0.0791. The lowest BCUT2D eigenvalue weighted by atomic mass is 9.90. The van der Waals surface area contributed by atoms with Crippen LogP contribution in [-0.2, 0) is 4.79 Å². The first-order valence-corrected chi connectivity index (χ1v) is 5.67. The summed E-state index contributed by atoms with van der Waals surface area (Å²) in [5, 5.41) is 2.85. The molecule has 0 aromatic carbocycles. The minimum absolute atomic E-state index is 0.0791. The molecule has 3 nitrogen and oxygen atoms in total. The van der Waals surface area contributed by atoms with E-state index in [1.54, 1.807) is 24.5 Å². The van der Waals surface area contributed by atoms with Gasteiger partial charge < -0.3 is 5.32 Å². The highest BCUT2D eigenvalue weighted by Crippen LogP contribution is 2.21. The van der Waals surface area contributed by atoms with Crippen LogP contribution in [0, 0.1) is 5.41 Å². The molecule has 1 N–H and O–H groups in total. The number of hydrogen-bond acceptors (Lipinski definition) is 2. The van der Waals surface area contributed by atoms with E-state index in [0.29, 0.717) is 11.8 Å². The zero-order valence-electron chi connectivity index (χ0n) is 10.3. The maximum absolute atomic E-state index is 11.6. The van der Waals surface area contributed by atoms with Crippen LogP contribution in [0.5, 0.6) is 0 Å². The van der Waals surface area contributed by atoms with Crippen LogP contribution in [0.4, 0.5) is 5.69 Å². The first-order valence-electron chi connectivity index (χ1n) is 5.67. The van der Waals surface area contributed by atoms with Crippen molar-refractivity contribution in [1.29, 1.82) is 0 Å². The van der Waals surface area contributed by atoms with Gasteiger partial charge in [-0.05, 0) is 30.4 Å². The summed E-state index contributed by atoms with van der Waals surface area (Å²) in [6.45, 7) is 6.56. The van der Waals surface area contributed by atoms with Crippen LogP contribution in [-0.4, -0.2) is 10.9 Å². The van der Waals surface area contributed by atoms with Gasteiger partial charge in [0, 0.05) is 24.5 Å². The molecular formula is C13H20N2O. The van der Waals surface area contributed by atoms with Gasteiger partial charge in [-0.2, -0.15) is 0 Å². The van der Waals surface area contributed by atoms with Crippen molar-refractivity contribution >= 4 is 11.6 Å². The van der Waals surface area contributed by atoms with Crippen molar-refractivity contribution in [3.05, 3.63) is 24.5 Å². The highest BCUT2D eigenvalue weighted by Gasteiger charge is 2.10. The minimum atomic E-state index is 0.0791. The zero-order chi connectivity index (χ0) is 12.0. The van der Waals surface area contributed by atoms with Crippen LogP contribution in [0.15, 0.2) is 24.5 Å². The van der Waals surface area contributed by atoms with E-state index in [-0.39, 0.29) is 5.91 Å².